The molecular formula is C30H32N4O6S. The minimum atomic E-state index is -4.12. The van der Waals surface area contributed by atoms with Gasteiger partial charge in [0, 0.05) is 19.0 Å². The summed E-state index contributed by atoms with van der Waals surface area (Å²) in [5.74, 6) is -3.76. The number of carboxylic acids is 1. The third-order valence-corrected chi connectivity index (χ3v) is 8.90. The Kier molecular flexibility index (Phi) is 9.50. The summed E-state index contributed by atoms with van der Waals surface area (Å²) < 4.78 is 29.5. The van der Waals surface area contributed by atoms with Gasteiger partial charge in [0.1, 0.15) is 17.7 Å². The number of hydrogen-bond donors (Lipinski definition) is 3. The molecule has 1 unspecified atom stereocenters. The Morgan fingerprint density at radius 3 is 2.39 bits per heavy atom. The number of nitrogens with one attached hydrogen (secondary N) is 1. The van der Waals surface area contributed by atoms with Crippen LogP contribution in [0.2, 0.25) is 0 Å². The molecule has 0 bridgehead atoms. The van der Waals surface area contributed by atoms with Crippen molar-refractivity contribution in [2.24, 2.45) is 17.6 Å². The molecule has 214 valence electrons. The standard InChI is InChI=1S/C30H32N4O6S/c31-13-10-26(30(37)38)28(35)23-11-14-34(15-12-23)29(36)27(17-20-4-3-5-21(16-20)19-32)33-41(39,40)25-9-8-22-6-1-2-7-24(22)18-25/h1-9,16,18,23,26-27,33H,10-15,17,31H2,(H,37,38)/t26?,27-/m0/s1. The summed E-state index contributed by atoms with van der Waals surface area (Å²) in [7, 11) is -4.12. The number of rotatable bonds is 11. The second-order valence-corrected chi connectivity index (χ2v) is 11.9. The number of Topliss-reactive ketones (excluding diaryl/α,β-unsaturated/α-hetero) is 1. The zero-order valence-corrected chi connectivity index (χ0v) is 23.2. The molecule has 0 aliphatic carbocycles. The molecular weight excluding hydrogens is 544 g/mol. The number of nitrogens with two attached hydrogens (primary N) is 1. The molecule has 3 aromatic carbocycles. The lowest BCUT2D eigenvalue weighted by Gasteiger charge is -2.34. The summed E-state index contributed by atoms with van der Waals surface area (Å²) in [4.78, 5) is 39.6. The van der Waals surface area contributed by atoms with Gasteiger partial charge in [-0.05, 0) is 72.8 Å². The molecule has 0 aromatic heterocycles. The Balaban J connectivity index is 1.55. The SMILES string of the molecule is N#Cc1cccc(C[C@H](NS(=O)(=O)c2ccc3ccccc3c2)C(=O)N2CCC(C(=O)C(CCN)C(=O)O)CC2)c1. The molecule has 0 saturated carbocycles. The summed E-state index contributed by atoms with van der Waals surface area (Å²) in [6, 6.07) is 19.6. The number of nitrogens with zero attached hydrogens (tertiary/aromatic N) is 2. The summed E-state index contributed by atoms with van der Waals surface area (Å²) >= 11 is 0. The van der Waals surface area contributed by atoms with Gasteiger partial charge >= 0.3 is 5.97 Å². The van der Waals surface area contributed by atoms with E-state index in [2.05, 4.69) is 10.8 Å². The molecule has 1 saturated heterocycles. The topological polar surface area (TPSA) is 171 Å². The van der Waals surface area contributed by atoms with E-state index in [1.54, 1.807) is 42.5 Å². The Labute approximate surface area is 238 Å². The molecule has 1 heterocycles. The maximum atomic E-state index is 13.7. The largest absolute Gasteiger partial charge is 0.481 e. The number of carboxylic acid groups (broad SMARTS) is 1. The number of amides is 1. The average Bonchev–Trinajstić information content (AvgIpc) is 2.98. The molecule has 4 rings (SSSR count). The highest BCUT2D eigenvalue weighted by atomic mass is 32.2. The lowest BCUT2D eigenvalue weighted by atomic mass is 9.84. The Morgan fingerprint density at radius 1 is 1.02 bits per heavy atom. The van der Waals surface area contributed by atoms with Crippen LogP contribution in [0.5, 0.6) is 0 Å². The number of benzene rings is 3. The van der Waals surface area contributed by atoms with E-state index in [1.807, 2.05) is 18.2 Å². The second kappa shape index (κ2) is 13.0. The first-order chi connectivity index (χ1) is 19.6. The van der Waals surface area contributed by atoms with Crippen LogP contribution in [0.25, 0.3) is 10.8 Å². The monoisotopic (exact) mass is 576 g/mol. The fraction of sp³-hybridized carbons (Fsp3) is 0.333. The van der Waals surface area contributed by atoms with Crippen molar-refractivity contribution in [2.75, 3.05) is 19.6 Å². The van der Waals surface area contributed by atoms with E-state index < -0.39 is 45.6 Å². The van der Waals surface area contributed by atoms with E-state index in [0.717, 1.165) is 10.8 Å². The fourth-order valence-corrected chi connectivity index (χ4v) is 6.44. The summed E-state index contributed by atoms with van der Waals surface area (Å²) in [5, 5.41) is 20.3. The molecule has 41 heavy (non-hydrogen) atoms. The van der Waals surface area contributed by atoms with Crippen LogP contribution in [0.4, 0.5) is 0 Å². The molecule has 1 aliphatic rings. The molecule has 4 N–H and O–H groups in total. The van der Waals surface area contributed by atoms with Gasteiger partial charge in [-0.1, -0.05) is 42.5 Å². The van der Waals surface area contributed by atoms with E-state index in [1.165, 1.54) is 11.0 Å². The highest BCUT2D eigenvalue weighted by molar-refractivity contribution is 7.89. The minimum Gasteiger partial charge on any atom is -0.481 e. The van der Waals surface area contributed by atoms with E-state index in [4.69, 9.17) is 5.73 Å². The minimum absolute atomic E-state index is 0.0115. The van der Waals surface area contributed by atoms with Crippen LogP contribution < -0.4 is 10.5 Å². The van der Waals surface area contributed by atoms with Gasteiger partial charge in [0.05, 0.1) is 16.5 Å². The van der Waals surface area contributed by atoms with Crippen LogP contribution >= 0.6 is 0 Å². The van der Waals surface area contributed by atoms with Crippen molar-refractivity contribution in [3.8, 4) is 6.07 Å². The van der Waals surface area contributed by atoms with Crippen LogP contribution in [-0.2, 0) is 30.8 Å². The van der Waals surface area contributed by atoms with E-state index >= 15 is 0 Å². The number of nitriles is 1. The molecule has 1 aliphatic heterocycles. The van der Waals surface area contributed by atoms with E-state index in [0.29, 0.717) is 11.1 Å². The predicted octanol–water partition coefficient (Wildman–Crippen LogP) is 2.46. The highest BCUT2D eigenvalue weighted by Crippen LogP contribution is 2.25. The molecule has 3 aromatic rings. The Morgan fingerprint density at radius 2 is 1.73 bits per heavy atom. The maximum absolute atomic E-state index is 13.7. The Hall–Kier alpha value is -4.11. The van der Waals surface area contributed by atoms with Gasteiger partial charge in [-0.3, -0.25) is 14.4 Å². The van der Waals surface area contributed by atoms with Gasteiger partial charge in [-0.15, -0.1) is 0 Å². The second-order valence-electron chi connectivity index (χ2n) is 10.2. The third kappa shape index (κ3) is 7.16. The molecule has 0 spiro atoms. The molecule has 10 nitrogen and oxygen atoms in total. The molecule has 1 amide bonds. The number of carbonyl (C=O) groups is 3. The lowest BCUT2D eigenvalue weighted by molar-refractivity contribution is -0.149. The number of likely N-dealkylation sites (tertiary alicyclic amines) is 1. The van der Waals surface area contributed by atoms with Crippen molar-refractivity contribution in [1.29, 1.82) is 5.26 Å². The van der Waals surface area contributed by atoms with Crippen LogP contribution in [0, 0.1) is 23.2 Å². The van der Waals surface area contributed by atoms with Gasteiger partial charge in [0.2, 0.25) is 15.9 Å². The lowest BCUT2D eigenvalue weighted by Crippen LogP contribution is -2.52. The van der Waals surface area contributed by atoms with Gasteiger partial charge in [0.15, 0.2) is 0 Å². The van der Waals surface area contributed by atoms with Crippen molar-refractivity contribution in [3.63, 3.8) is 0 Å². The molecule has 2 atom stereocenters. The van der Waals surface area contributed by atoms with Gasteiger partial charge in [-0.2, -0.15) is 9.98 Å². The molecule has 1 fully saturated rings. The number of piperidine rings is 1. The normalized spacial score (nSPS) is 15.7. The maximum Gasteiger partial charge on any atom is 0.314 e. The smallest absolute Gasteiger partial charge is 0.314 e. The first kappa shape index (κ1) is 29.9. The Bertz CT molecular complexity index is 1590. The molecule has 0 radical (unpaired) electrons. The number of aliphatic carboxylic acids is 1. The zero-order chi connectivity index (χ0) is 29.6. The number of carbonyl (C=O) groups excluding carboxylic acids is 2. The number of hydrogen-bond acceptors (Lipinski definition) is 7. The van der Waals surface area contributed by atoms with Gasteiger partial charge < -0.3 is 15.7 Å². The number of sulfonamides is 1. The zero-order valence-electron chi connectivity index (χ0n) is 22.4. The third-order valence-electron chi connectivity index (χ3n) is 7.43. The van der Waals surface area contributed by atoms with Gasteiger partial charge in [-0.25, -0.2) is 8.42 Å². The van der Waals surface area contributed by atoms with Crippen molar-refractivity contribution in [2.45, 2.75) is 36.6 Å². The van der Waals surface area contributed by atoms with Crippen LogP contribution in [0.15, 0.2) is 71.6 Å². The van der Waals surface area contributed by atoms with Crippen molar-refractivity contribution >= 4 is 38.5 Å². The first-order valence-corrected chi connectivity index (χ1v) is 14.9. The highest BCUT2D eigenvalue weighted by Gasteiger charge is 2.37. The van der Waals surface area contributed by atoms with Crippen molar-refractivity contribution in [1.82, 2.24) is 9.62 Å². The average molecular weight is 577 g/mol. The summed E-state index contributed by atoms with van der Waals surface area (Å²) in [5.41, 5.74) is 6.48. The predicted molar refractivity (Wildman–Crippen MR) is 152 cm³/mol. The fourth-order valence-electron chi connectivity index (χ4n) is 5.22. The van der Waals surface area contributed by atoms with Crippen LogP contribution in [-0.4, -0.2) is 61.8 Å². The van der Waals surface area contributed by atoms with Crippen molar-refractivity contribution < 1.29 is 27.9 Å². The van der Waals surface area contributed by atoms with Gasteiger partial charge in [0.25, 0.3) is 0 Å². The van der Waals surface area contributed by atoms with Crippen molar-refractivity contribution in [3.05, 3.63) is 77.9 Å². The van der Waals surface area contributed by atoms with Crippen LogP contribution in [0.1, 0.15) is 30.4 Å². The summed E-state index contributed by atoms with van der Waals surface area (Å²) in [6.07, 6.45) is 0.602. The first-order valence-electron chi connectivity index (χ1n) is 13.4. The number of ketones is 1. The van der Waals surface area contributed by atoms with E-state index in [-0.39, 0.29) is 50.2 Å². The number of fused-ring (bicyclic) bond motifs is 1. The summed E-state index contributed by atoms with van der Waals surface area (Å²) in [6.45, 7) is 0.430. The quantitative estimate of drug-likeness (QED) is 0.292. The van der Waals surface area contributed by atoms with E-state index in [9.17, 15) is 33.2 Å². The van der Waals surface area contributed by atoms with Crippen LogP contribution in [0.3, 0.4) is 0 Å². The molecule has 11 heteroatoms.